The van der Waals surface area contributed by atoms with Crippen LogP contribution in [0, 0.1) is 10.1 Å². The van der Waals surface area contributed by atoms with Gasteiger partial charge in [-0.3, -0.25) is 10.1 Å². The van der Waals surface area contributed by atoms with Crippen LogP contribution in [0.2, 0.25) is 5.02 Å². The molecule has 0 radical (unpaired) electrons. The zero-order valence-electron chi connectivity index (χ0n) is 10.7. The Balaban J connectivity index is 2.15. The molecule has 0 bridgehead atoms. The third-order valence-corrected chi connectivity index (χ3v) is 2.79. The number of halogens is 1. The quantitative estimate of drug-likeness (QED) is 0.677. The Morgan fingerprint density at radius 1 is 1.40 bits per heavy atom. The van der Waals surface area contributed by atoms with Crippen LogP contribution in [-0.4, -0.2) is 17.0 Å². The zero-order valence-corrected chi connectivity index (χ0v) is 11.4. The number of nitro groups is 1. The van der Waals surface area contributed by atoms with Crippen molar-refractivity contribution in [3.8, 4) is 11.6 Å². The molecule has 0 aliphatic rings. The summed E-state index contributed by atoms with van der Waals surface area (Å²) in [5.41, 5.74) is 0.939. The van der Waals surface area contributed by atoms with E-state index < -0.39 is 4.92 Å². The van der Waals surface area contributed by atoms with E-state index in [1.807, 2.05) is 19.2 Å². The summed E-state index contributed by atoms with van der Waals surface area (Å²) in [6.45, 7) is 0.761. The van der Waals surface area contributed by atoms with Crippen LogP contribution in [-0.2, 0) is 6.54 Å². The molecule has 2 aromatic rings. The summed E-state index contributed by atoms with van der Waals surface area (Å²) in [6.07, 6.45) is 1.11. The van der Waals surface area contributed by atoms with Gasteiger partial charge in [0.15, 0.2) is 0 Å². The third-order valence-electron chi connectivity index (χ3n) is 2.52. The molecule has 7 heteroatoms. The first-order valence-electron chi connectivity index (χ1n) is 5.81. The number of aromatic nitrogens is 1. The van der Waals surface area contributed by atoms with Gasteiger partial charge in [0.25, 0.3) is 5.69 Å². The van der Waals surface area contributed by atoms with E-state index in [0.29, 0.717) is 5.75 Å². The van der Waals surface area contributed by atoms with E-state index in [2.05, 4.69) is 10.3 Å². The molecule has 0 unspecified atom stereocenters. The third kappa shape index (κ3) is 3.43. The topological polar surface area (TPSA) is 77.3 Å². The maximum Gasteiger partial charge on any atom is 0.289 e. The number of hydrogen-bond acceptors (Lipinski definition) is 5. The van der Waals surface area contributed by atoms with Gasteiger partial charge in [-0.15, -0.1) is 0 Å². The molecule has 0 atom stereocenters. The molecule has 0 fully saturated rings. The smallest absolute Gasteiger partial charge is 0.289 e. The summed E-state index contributed by atoms with van der Waals surface area (Å²) in [5, 5.41) is 13.7. The Morgan fingerprint density at radius 2 is 2.10 bits per heavy atom. The van der Waals surface area contributed by atoms with Gasteiger partial charge in [0.2, 0.25) is 5.88 Å². The number of nitrogens with zero attached hydrogens (tertiary/aromatic N) is 2. The van der Waals surface area contributed by atoms with Crippen molar-refractivity contribution in [1.29, 1.82) is 0 Å². The number of hydrogen-bond donors (Lipinski definition) is 1. The van der Waals surface area contributed by atoms with Crippen LogP contribution in [0.25, 0.3) is 0 Å². The summed E-state index contributed by atoms with van der Waals surface area (Å²) in [7, 11) is 1.87. The summed E-state index contributed by atoms with van der Waals surface area (Å²) in [4.78, 5) is 13.9. The Morgan fingerprint density at radius 3 is 2.65 bits per heavy atom. The second-order valence-corrected chi connectivity index (χ2v) is 4.42. The van der Waals surface area contributed by atoms with Crippen molar-refractivity contribution in [3.63, 3.8) is 0 Å². The number of pyridine rings is 1. The molecule has 0 saturated heterocycles. The SMILES string of the molecule is CNCc1ccc(Oc2ncc([N+](=O)[O-])cc2Cl)cc1. The lowest BCUT2D eigenvalue weighted by Gasteiger charge is -2.07. The van der Waals surface area contributed by atoms with Gasteiger partial charge in [0.05, 0.1) is 4.92 Å². The van der Waals surface area contributed by atoms with Crippen molar-refractivity contribution >= 4 is 17.3 Å². The molecule has 1 heterocycles. The van der Waals surface area contributed by atoms with Gasteiger partial charge in [-0.1, -0.05) is 23.7 Å². The fraction of sp³-hybridized carbons (Fsp3) is 0.154. The van der Waals surface area contributed by atoms with Gasteiger partial charge in [0, 0.05) is 12.6 Å². The fourth-order valence-electron chi connectivity index (χ4n) is 1.58. The molecule has 0 amide bonds. The Labute approximate surface area is 120 Å². The maximum atomic E-state index is 10.6. The van der Waals surface area contributed by atoms with Gasteiger partial charge in [0.1, 0.15) is 17.0 Å². The molecule has 0 spiro atoms. The van der Waals surface area contributed by atoms with Crippen molar-refractivity contribution in [3.05, 3.63) is 57.2 Å². The first-order chi connectivity index (χ1) is 9.60. The van der Waals surface area contributed by atoms with Crippen LogP contribution in [0.5, 0.6) is 11.6 Å². The van der Waals surface area contributed by atoms with Crippen molar-refractivity contribution in [2.45, 2.75) is 6.54 Å². The molecule has 2 rings (SSSR count). The molecule has 0 aliphatic carbocycles. The largest absolute Gasteiger partial charge is 0.438 e. The maximum absolute atomic E-state index is 10.6. The standard InChI is InChI=1S/C13H12ClN3O3/c1-15-7-9-2-4-11(5-3-9)20-13-12(14)6-10(8-16-13)17(18)19/h2-6,8,15H,7H2,1H3. The minimum atomic E-state index is -0.560. The Kier molecular flexibility index (Phi) is 4.49. The molecule has 6 nitrogen and oxygen atoms in total. The highest BCUT2D eigenvalue weighted by molar-refractivity contribution is 6.32. The molecule has 1 N–H and O–H groups in total. The predicted molar refractivity (Wildman–Crippen MR) is 75.2 cm³/mol. The number of rotatable bonds is 5. The molecular weight excluding hydrogens is 282 g/mol. The van der Waals surface area contributed by atoms with Crippen molar-refractivity contribution in [2.75, 3.05) is 7.05 Å². The molecule has 20 heavy (non-hydrogen) atoms. The molecule has 1 aromatic heterocycles. The minimum Gasteiger partial charge on any atom is -0.438 e. The average molecular weight is 294 g/mol. The highest BCUT2D eigenvalue weighted by Gasteiger charge is 2.12. The lowest BCUT2D eigenvalue weighted by Crippen LogP contribution is -2.04. The van der Waals surface area contributed by atoms with Crippen LogP contribution in [0.1, 0.15) is 5.56 Å². The summed E-state index contributed by atoms with van der Waals surface area (Å²) in [5.74, 6) is 0.701. The Bertz CT molecular complexity index is 617. The van der Waals surface area contributed by atoms with Crippen LogP contribution < -0.4 is 10.1 Å². The number of benzene rings is 1. The fourth-order valence-corrected chi connectivity index (χ4v) is 1.78. The molecule has 1 aromatic carbocycles. The van der Waals surface area contributed by atoms with Gasteiger partial charge < -0.3 is 10.1 Å². The van der Waals surface area contributed by atoms with E-state index in [9.17, 15) is 10.1 Å². The van der Waals surface area contributed by atoms with Gasteiger partial charge >= 0.3 is 0 Å². The van der Waals surface area contributed by atoms with E-state index in [1.165, 1.54) is 6.07 Å². The lowest BCUT2D eigenvalue weighted by atomic mass is 10.2. The van der Waals surface area contributed by atoms with Crippen LogP contribution >= 0.6 is 11.6 Å². The van der Waals surface area contributed by atoms with Crippen LogP contribution in [0.4, 0.5) is 5.69 Å². The summed E-state index contributed by atoms with van der Waals surface area (Å²) >= 11 is 5.90. The molecule has 104 valence electrons. The predicted octanol–water partition coefficient (Wildman–Crippen LogP) is 3.15. The summed E-state index contributed by atoms with van der Waals surface area (Å²) < 4.78 is 5.49. The first kappa shape index (κ1) is 14.2. The first-order valence-corrected chi connectivity index (χ1v) is 6.19. The van der Waals surface area contributed by atoms with E-state index in [4.69, 9.17) is 16.3 Å². The second kappa shape index (κ2) is 6.31. The monoisotopic (exact) mass is 293 g/mol. The van der Waals surface area contributed by atoms with Gasteiger partial charge in [-0.2, -0.15) is 0 Å². The van der Waals surface area contributed by atoms with E-state index in [0.717, 1.165) is 18.3 Å². The van der Waals surface area contributed by atoms with Crippen molar-refractivity contribution < 1.29 is 9.66 Å². The van der Waals surface area contributed by atoms with Crippen molar-refractivity contribution in [2.24, 2.45) is 0 Å². The van der Waals surface area contributed by atoms with Crippen LogP contribution in [0.3, 0.4) is 0 Å². The molecule has 0 saturated carbocycles. The van der Waals surface area contributed by atoms with Gasteiger partial charge in [-0.05, 0) is 24.7 Å². The van der Waals surface area contributed by atoms with Gasteiger partial charge in [-0.25, -0.2) is 4.98 Å². The van der Waals surface area contributed by atoms with Crippen LogP contribution in [0.15, 0.2) is 36.5 Å². The Hall–Kier alpha value is -2.18. The highest BCUT2D eigenvalue weighted by Crippen LogP contribution is 2.29. The second-order valence-electron chi connectivity index (χ2n) is 4.01. The normalized spacial score (nSPS) is 10.3. The summed E-state index contributed by atoms with van der Waals surface area (Å²) in [6, 6.07) is 8.59. The highest BCUT2D eigenvalue weighted by atomic mass is 35.5. The lowest BCUT2D eigenvalue weighted by molar-refractivity contribution is -0.385. The van der Waals surface area contributed by atoms with E-state index in [-0.39, 0.29) is 16.6 Å². The minimum absolute atomic E-state index is 0.0958. The number of ether oxygens (including phenoxy) is 1. The zero-order chi connectivity index (χ0) is 14.5. The average Bonchev–Trinajstić information content (AvgIpc) is 2.43. The number of nitrogens with one attached hydrogen (secondary N) is 1. The van der Waals surface area contributed by atoms with E-state index >= 15 is 0 Å². The van der Waals surface area contributed by atoms with Crippen molar-refractivity contribution in [1.82, 2.24) is 10.3 Å². The molecular formula is C13H12ClN3O3. The molecule has 0 aliphatic heterocycles. The van der Waals surface area contributed by atoms with E-state index in [1.54, 1.807) is 12.1 Å².